The van der Waals surface area contributed by atoms with E-state index in [0.29, 0.717) is 12.8 Å². The summed E-state index contributed by atoms with van der Waals surface area (Å²) in [6.07, 6.45) is 0.845. The number of aliphatic hydroxyl groups excluding tert-OH is 1. The Morgan fingerprint density at radius 3 is 2.00 bits per heavy atom. The zero-order chi connectivity index (χ0) is 21.7. The van der Waals surface area contributed by atoms with Gasteiger partial charge in [-0.25, -0.2) is 4.79 Å². The van der Waals surface area contributed by atoms with E-state index >= 15 is 0 Å². The van der Waals surface area contributed by atoms with Crippen molar-refractivity contribution in [3.63, 3.8) is 0 Å². The average molecular weight is 414 g/mol. The third-order valence-electron chi connectivity index (χ3n) is 6.17. The van der Waals surface area contributed by atoms with Crippen LogP contribution in [0.1, 0.15) is 23.1 Å². The molecule has 0 amide bonds. The van der Waals surface area contributed by atoms with Crippen LogP contribution >= 0.6 is 0 Å². The highest BCUT2D eigenvalue weighted by Gasteiger charge is 2.53. The minimum Gasteiger partial charge on any atom is -0.449 e. The fourth-order valence-corrected chi connectivity index (χ4v) is 4.58. The van der Waals surface area contributed by atoms with E-state index < -0.39 is 17.7 Å². The fourth-order valence-electron chi connectivity index (χ4n) is 4.58. The maximum atomic E-state index is 12.9. The highest BCUT2D eigenvalue weighted by Crippen LogP contribution is 2.45. The molecule has 4 nitrogen and oxygen atoms in total. The standard InChI is InChI=1S/C27H27NO3/c1-28-24-25(29)23(19-21-13-7-3-8-14-21)27(31-26(24)30,22-15-9-4-10-16-22)18-17-20-11-5-2-6-12-20/h2-16,23,25,29H,17-19H2,1H3. The van der Waals surface area contributed by atoms with Gasteiger partial charge in [0, 0.05) is 13.0 Å². The van der Waals surface area contributed by atoms with Crippen LogP contribution in [-0.4, -0.2) is 29.9 Å². The summed E-state index contributed by atoms with van der Waals surface area (Å²) < 4.78 is 6.21. The number of carbonyl (C=O) groups is 1. The van der Waals surface area contributed by atoms with Crippen molar-refractivity contribution in [1.29, 1.82) is 0 Å². The third-order valence-corrected chi connectivity index (χ3v) is 6.17. The highest BCUT2D eigenvalue weighted by atomic mass is 16.6. The van der Waals surface area contributed by atoms with E-state index in [9.17, 15) is 9.90 Å². The number of aliphatic hydroxyl groups is 1. The lowest BCUT2D eigenvalue weighted by Crippen LogP contribution is -2.56. The number of esters is 1. The van der Waals surface area contributed by atoms with Gasteiger partial charge in [-0.3, -0.25) is 4.99 Å². The summed E-state index contributed by atoms with van der Waals surface area (Å²) in [7, 11) is 1.53. The number of rotatable bonds is 6. The molecule has 3 atom stereocenters. The van der Waals surface area contributed by atoms with E-state index in [0.717, 1.165) is 23.1 Å². The number of cyclic esters (lactones) is 1. The van der Waals surface area contributed by atoms with Gasteiger partial charge in [0.25, 0.3) is 0 Å². The van der Waals surface area contributed by atoms with Gasteiger partial charge in [-0.2, -0.15) is 0 Å². The fraction of sp³-hybridized carbons (Fsp3) is 0.259. The molecule has 3 unspecified atom stereocenters. The minimum atomic E-state index is -1.01. The molecule has 1 saturated heterocycles. The molecule has 1 aliphatic heterocycles. The number of nitrogens with zero attached hydrogens (tertiary/aromatic N) is 1. The van der Waals surface area contributed by atoms with E-state index in [-0.39, 0.29) is 11.6 Å². The topological polar surface area (TPSA) is 58.9 Å². The van der Waals surface area contributed by atoms with E-state index in [1.807, 2.05) is 78.9 Å². The zero-order valence-corrected chi connectivity index (χ0v) is 17.6. The van der Waals surface area contributed by atoms with E-state index in [1.165, 1.54) is 7.05 Å². The van der Waals surface area contributed by atoms with Crippen LogP contribution in [0.4, 0.5) is 0 Å². The van der Waals surface area contributed by atoms with E-state index in [4.69, 9.17) is 4.74 Å². The molecular formula is C27H27NO3. The molecule has 1 aliphatic rings. The average Bonchev–Trinajstić information content (AvgIpc) is 2.82. The Morgan fingerprint density at radius 1 is 0.871 bits per heavy atom. The number of ether oxygens (including phenoxy) is 1. The molecule has 4 heteroatoms. The number of hydrogen-bond donors (Lipinski definition) is 1. The summed E-state index contributed by atoms with van der Waals surface area (Å²) in [5.74, 6) is -0.909. The number of benzene rings is 3. The molecule has 0 radical (unpaired) electrons. The van der Waals surface area contributed by atoms with Crippen LogP contribution in [0, 0.1) is 5.92 Å². The van der Waals surface area contributed by atoms with Crippen LogP contribution in [0.15, 0.2) is 96.0 Å². The molecular weight excluding hydrogens is 386 g/mol. The second-order valence-electron chi connectivity index (χ2n) is 7.98. The molecule has 31 heavy (non-hydrogen) atoms. The maximum Gasteiger partial charge on any atom is 0.355 e. The van der Waals surface area contributed by atoms with Gasteiger partial charge in [-0.05, 0) is 36.0 Å². The molecule has 3 aromatic carbocycles. The Labute approximate surface area is 183 Å². The van der Waals surface area contributed by atoms with Gasteiger partial charge in [0.05, 0.1) is 0 Å². The first kappa shape index (κ1) is 21.0. The lowest BCUT2D eigenvalue weighted by molar-refractivity contribution is -0.174. The Morgan fingerprint density at radius 2 is 1.42 bits per heavy atom. The maximum absolute atomic E-state index is 12.9. The number of aliphatic imine (C=N–C) groups is 1. The van der Waals surface area contributed by atoms with Crippen LogP contribution in [0.25, 0.3) is 0 Å². The van der Waals surface area contributed by atoms with Crippen LogP contribution in [0.2, 0.25) is 0 Å². The van der Waals surface area contributed by atoms with Crippen LogP contribution in [-0.2, 0) is 28.0 Å². The number of carbonyl (C=O) groups excluding carboxylic acids is 1. The summed E-state index contributed by atoms with van der Waals surface area (Å²) in [5.41, 5.74) is 2.27. The van der Waals surface area contributed by atoms with Crippen LogP contribution in [0.3, 0.4) is 0 Å². The summed E-state index contributed by atoms with van der Waals surface area (Å²) >= 11 is 0. The van der Waals surface area contributed by atoms with Gasteiger partial charge in [-0.15, -0.1) is 0 Å². The number of hydrogen-bond acceptors (Lipinski definition) is 4. The first-order valence-electron chi connectivity index (χ1n) is 10.7. The van der Waals surface area contributed by atoms with Crippen molar-refractivity contribution in [1.82, 2.24) is 0 Å². The molecule has 4 rings (SSSR count). The summed E-state index contributed by atoms with van der Waals surface area (Å²) in [5, 5.41) is 11.3. The molecule has 1 heterocycles. The van der Waals surface area contributed by atoms with E-state index in [2.05, 4.69) is 17.1 Å². The lowest BCUT2D eigenvalue weighted by atomic mass is 9.69. The van der Waals surface area contributed by atoms with Crippen molar-refractivity contribution in [3.8, 4) is 0 Å². The van der Waals surface area contributed by atoms with Gasteiger partial charge in [-0.1, -0.05) is 91.0 Å². The Kier molecular flexibility index (Phi) is 6.28. The Hall–Kier alpha value is -3.24. The summed E-state index contributed by atoms with van der Waals surface area (Å²) in [4.78, 5) is 17.0. The highest BCUT2D eigenvalue weighted by molar-refractivity contribution is 6.39. The second-order valence-corrected chi connectivity index (χ2v) is 7.98. The first-order valence-corrected chi connectivity index (χ1v) is 10.7. The molecule has 0 aliphatic carbocycles. The van der Waals surface area contributed by atoms with Crippen molar-refractivity contribution < 1.29 is 14.6 Å². The third kappa shape index (κ3) is 4.30. The van der Waals surface area contributed by atoms with Gasteiger partial charge >= 0.3 is 5.97 Å². The zero-order valence-electron chi connectivity index (χ0n) is 17.6. The molecule has 1 N–H and O–H groups in total. The van der Waals surface area contributed by atoms with Crippen molar-refractivity contribution in [3.05, 3.63) is 108 Å². The van der Waals surface area contributed by atoms with Crippen molar-refractivity contribution in [2.45, 2.75) is 31.0 Å². The Balaban J connectivity index is 1.80. The van der Waals surface area contributed by atoms with Gasteiger partial charge in [0.15, 0.2) is 0 Å². The largest absolute Gasteiger partial charge is 0.449 e. The normalized spacial score (nSPS) is 24.7. The van der Waals surface area contributed by atoms with Crippen LogP contribution < -0.4 is 0 Å². The monoisotopic (exact) mass is 413 g/mol. The predicted molar refractivity (Wildman–Crippen MR) is 122 cm³/mol. The van der Waals surface area contributed by atoms with Crippen molar-refractivity contribution >= 4 is 11.7 Å². The van der Waals surface area contributed by atoms with Crippen molar-refractivity contribution in [2.75, 3.05) is 7.05 Å². The smallest absolute Gasteiger partial charge is 0.355 e. The van der Waals surface area contributed by atoms with Crippen LogP contribution in [0.5, 0.6) is 0 Å². The van der Waals surface area contributed by atoms with Gasteiger partial charge in [0.2, 0.25) is 0 Å². The quantitative estimate of drug-likeness (QED) is 0.611. The SMILES string of the molecule is CN=C1C(=O)OC(CCc2ccccc2)(c2ccccc2)C(Cc2ccccc2)C1O. The van der Waals surface area contributed by atoms with E-state index in [1.54, 1.807) is 0 Å². The molecule has 0 saturated carbocycles. The molecule has 0 bridgehead atoms. The Bertz CT molecular complexity index is 1030. The van der Waals surface area contributed by atoms with Crippen molar-refractivity contribution in [2.24, 2.45) is 10.9 Å². The lowest BCUT2D eigenvalue weighted by Gasteiger charge is -2.46. The summed E-state index contributed by atoms with van der Waals surface area (Å²) in [6, 6.07) is 30.0. The second kappa shape index (κ2) is 9.27. The minimum absolute atomic E-state index is 0.0900. The molecule has 3 aromatic rings. The van der Waals surface area contributed by atoms with Gasteiger partial charge < -0.3 is 9.84 Å². The first-order chi connectivity index (χ1) is 15.1. The molecule has 1 fully saturated rings. The molecule has 158 valence electrons. The number of aryl methyl sites for hydroxylation is 1. The predicted octanol–water partition coefficient (Wildman–Crippen LogP) is 4.36. The van der Waals surface area contributed by atoms with Gasteiger partial charge in [0.1, 0.15) is 17.4 Å². The molecule has 0 aromatic heterocycles. The molecule has 0 spiro atoms. The summed E-state index contributed by atoms with van der Waals surface area (Å²) in [6.45, 7) is 0.